The molecular weight excluding hydrogens is 520 g/mol. The van der Waals surface area contributed by atoms with Gasteiger partial charge >= 0.3 is 6.18 Å². The summed E-state index contributed by atoms with van der Waals surface area (Å²) in [5.74, 6) is 0.648. The van der Waals surface area contributed by atoms with E-state index in [9.17, 15) is 13.2 Å². The number of morpholine rings is 1. The van der Waals surface area contributed by atoms with Gasteiger partial charge in [0.2, 0.25) is 0 Å². The summed E-state index contributed by atoms with van der Waals surface area (Å²) in [4.78, 5) is 10.3. The number of aliphatic imine (C=N–C) groups is 1. The van der Waals surface area contributed by atoms with E-state index in [1.54, 1.807) is 25.4 Å². The Bertz CT molecular complexity index is 833. The average molecular weight is 541 g/mol. The number of nitrogens with zero attached hydrogens (tertiary/aromatic N) is 3. The van der Waals surface area contributed by atoms with Crippen molar-refractivity contribution in [3.8, 4) is 0 Å². The molecule has 1 aromatic carbocycles. The number of halogens is 5. The van der Waals surface area contributed by atoms with Crippen LogP contribution in [0.15, 0.2) is 47.6 Å². The lowest BCUT2D eigenvalue weighted by molar-refractivity contribution is -0.137. The topological polar surface area (TPSA) is 49.8 Å². The molecule has 1 N–H and O–H groups in total. The van der Waals surface area contributed by atoms with Crippen LogP contribution in [0.3, 0.4) is 0 Å². The highest BCUT2D eigenvalue weighted by molar-refractivity contribution is 14.0. The Balaban J connectivity index is 0.00000300. The third kappa shape index (κ3) is 6.45. The number of alkyl halides is 3. The molecule has 2 heterocycles. The first-order valence-corrected chi connectivity index (χ1v) is 9.09. The van der Waals surface area contributed by atoms with E-state index < -0.39 is 17.8 Å². The number of hydrogen-bond acceptors (Lipinski definition) is 3. The van der Waals surface area contributed by atoms with Crippen LogP contribution in [0.5, 0.6) is 0 Å². The molecule has 1 aromatic heterocycles. The van der Waals surface area contributed by atoms with Crippen molar-refractivity contribution in [3.05, 3.63) is 64.4 Å². The van der Waals surface area contributed by atoms with E-state index in [1.807, 2.05) is 11.0 Å². The smallest absolute Gasteiger partial charge is 0.370 e. The maximum atomic E-state index is 13.0. The number of nitrogens with one attached hydrogen (secondary N) is 1. The van der Waals surface area contributed by atoms with Crippen LogP contribution in [0.2, 0.25) is 5.15 Å². The van der Waals surface area contributed by atoms with Crippen LogP contribution in [-0.2, 0) is 17.5 Å². The van der Waals surface area contributed by atoms with Gasteiger partial charge in [-0.05, 0) is 29.3 Å². The summed E-state index contributed by atoms with van der Waals surface area (Å²) in [5.41, 5.74) is 0.758. The summed E-state index contributed by atoms with van der Waals surface area (Å²) in [5, 5.41) is 3.66. The molecule has 1 aliphatic heterocycles. The summed E-state index contributed by atoms with van der Waals surface area (Å²) in [6.07, 6.45) is -3.17. The Kier molecular flexibility index (Phi) is 8.53. The minimum absolute atomic E-state index is 0. The second kappa shape index (κ2) is 10.4. The van der Waals surface area contributed by atoms with E-state index in [4.69, 9.17) is 16.3 Å². The van der Waals surface area contributed by atoms with Gasteiger partial charge in [0.15, 0.2) is 5.96 Å². The fraction of sp³-hybridized carbons (Fsp3) is 0.368. The largest absolute Gasteiger partial charge is 0.416 e. The van der Waals surface area contributed by atoms with E-state index in [0.717, 1.165) is 17.7 Å². The van der Waals surface area contributed by atoms with Crippen LogP contribution >= 0.6 is 35.6 Å². The molecule has 1 saturated heterocycles. The van der Waals surface area contributed by atoms with Crippen molar-refractivity contribution in [2.75, 3.05) is 26.7 Å². The van der Waals surface area contributed by atoms with Crippen LogP contribution in [0.25, 0.3) is 0 Å². The molecule has 1 fully saturated rings. The summed E-state index contributed by atoms with van der Waals surface area (Å²) in [6, 6.07) is 8.83. The zero-order valence-electron chi connectivity index (χ0n) is 15.6. The zero-order valence-corrected chi connectivity index (χ0v) is 18.7. The average Bonchev–Trinajstić information content (AvgIpc) is 2.69. The Hall–Kier alpha value is -1.59. The van der Waals surface area contributed by atoms with Crippen molar-refractivity contribution in [2.45, 2.75) is 18.8 Å². The Morgan fingerprint density at radius 1 is 1.34 bits per heavy atom. The molecule has 0 aliphatic carbocycles. The van der Waals surface area contributed by atoms with E-state index >= 15 is 0 Å². The van der Waals surface area contributed by atoms with Crippen molar-refractivity contribution in [2.24, 2.45) is 4.99 Å². The molecule has 2 aromatic rings. The predicted molar refractivity (Wildman–Crippen MR) is 117 cm³/mol. The third-order valence-electron chi connectivity index (χ3n) is 4.40. The van der Waals surface area contributed by atoms with E-state index in [2.05, 4.69) is 15.3 Å². The number of ether oxygens (including phenoxy) is 1. The van der Waals surface area contributed by atoms with Gasteiger partial charge in [0.25, 0.3) is 0 Å². The first-order chi connectivity index (χ1) is 13.4. The van der Waals surface area contributed by atoms with Gasteiger partial charge in [-0.15, -0.1) is 24.0 Å². The highest BCUT2D eigenvalue weighted by atomic mass is 127. The molecule has 0 amide bonds. The van der Waals surface area contributed by atoms with Gasteiger partial charge in [-0.25, -0.2) is 4.98 Å². The lowest BCUT2D eigenvalue weighted by atomic mass is 10.0. The van der Waals surface area contributed by atoms with Crippen LogP contribution in [0.4, 0.5) is 13.2 Å². The van der Waals surface area contributed by atoms with Crippen LogP contribution in [0.1, 0.15) is 22.8 Å². The summed E-state index contributed by atoms with van der Waals surface area (Å²) in [6.45, 7) is 1.89. The molecule has 29 heavy (non-hydrogen) atoms. The van der Waals surface area contributed by atoms with E-state index in [0.29, 0.717) is 42.9 Å². The van der Waals surface area contributed by atoms with Gasteiger partial charge in [-0.1, -0.05) is 29.8 Å². The molecule has 1 aliphatic rings. The fourth-order valence-corrected chi connectivity index (χ4v) is 3.09. The summed E-state index contributed by atoms with van der Waals surface area (Å²) in [7, 11) is 1.66. The molecule has 0 saturated carbocycles. The highest BCUT2D eigenvalue weighted by Gasteiger charge is 2.32. The van der Waals surface area contributed by atoms with Gasteiger partial charge < -0.3 is 15.0 Å². The quantitative estimate of drug-likeness (QED) is 0.269. The van der Waals surface area contributed by atoms with Gasteiger partial charge in [-0.3, -0.25) is 4.99 Å². The molecule has 1 atom stereocenters. The van der Waals surface area contributed by atoms with Gasteiger partial charge in [0.1, 0.15) is 11.3 Å². The molecule has 0 radical (unpaired) electrons. The predicted octanol–water partition coefficient (Wildman–Crippen LogP) is 4.52. The SMILES string of the molecule is CN=C(NCc1ccc(Cl)nc1)N1CCOC(c2cccc(C(F)(F)F)c2)C1.I. The maximum Gasteiger partial charge on any atom is 0.416 e. The van der Waals surface area contributed by atoms with Crippen LogP contribution < -0.4 is 5.32 Å². The molecular formula is C19H21ClF3IN4O. The fourth-order valence-electron chi connectivity index (χ4n) is 2.98. The Labute approximate surface area is 189 Å². The number of aromatic nitrogens is 1. The monoisotopic (exact) mass is 540 g/mol. The molecule has 5 nitrogen and oxygen atoms in total. The van der Waals surface area contributed by atoms with Gasteiger partial charge in [0, 0.05) is 26.3 Å². The standard InChI is InChI=1S/C19H20ClF3N4O.HI/c1-24-18(26-11-13-5-6-17(20)25-10-13)27-7-8-28-16(12-27)14-3-2-4-15(9-14)19(21,22)23;/h2-6,9-10,16H,7-8,11-12H2,1H3,(H,24,26);1H. The van der Waals surface area contributed by atoms with E-state index in [1.165, 1.54) is 6.07 Å². The second-order valence-corrected chi connectivity index (χ2v) is 6.71. The van der Waals surface area contributed by atoms with Crippen LogP contribution in [0, 0.1) is 0 Å². The Morgan fingerprint density at radius 3 is 2.79 bits per heavy atom. The van der Waals surface area contributed by atoms with E-state index in [-0.39, 0.29) is 24.0 Å². The van der Waals surface area contributed by atoms with Gasteiger partial charge in [0.05, 0.1) is 18.7 Å². The number of rotatable bonds is 3. The lowest BCUT2D eigenvalue weighted by Gasteiger charge is -2.35. The highest BCUT2D eigenvalue weighted by Crippen LogP contribution is 2.32. The second-order valence-electron chi connectivity index (χ2n) is 6.32. The first-order valence-electron chi connectivity index (χ1n) is 8.71. The Morgan fingerprint density at radius 2 is 2.14 bits per heavy atom. The molecule has 3 rings (SSSR count). The summed E-state index contributed by atoms with van der Waals surface area (Å²) < 4.78 is 44.7. The third-order valence-corrected chi connectivity index (χ3v) is 4.63. The lowest BCUT2D eigenvalue weighted by Crippen LogP contribution is -2.48. The van der Waals surface area contributed by atoms with Crippen molar-refractivity contribution in [1.29, 1.82) is 0 Å². The molecule has 10 heteroatoms. The molecule has 1 unspecified atom stereocenters. The minimum Gasteiger partial charge on any atom is -0.370 e. The maximum absolute atomic E-state index is 13.0. The van der Waals surface area contributed by atoms with Crippen LogP contribution in [-0.4, -0.2) is 42.6 Å². The van der Waals surface area contributed by atoms with Crippen molar-refractivity contribution in [3.63, 3.8) is 0 Å². The minimum atomic E-state index is -4.38. The van der Waals surface area contributed by atoms with Crippen molar-refractivity contribution in [1.82, 2.24) is 15.2 Å². The van der Waals surface area contributed by atoms with Crippen molar-refractivity contribution >= 4 is 41.5 Å². The number of benzene rings is 1. The number of guanidine groups is 1. The van der Waals surface area contributed by atoms with Gasteiger partial charge in [-0.2, -0.15) is 13.2 Å². The summed E-state index contributed by atoms with van der Waals surface area (Å²) >= 11 is 5.79. The molecule has 0 bridgehead atoms. The zero-order chi connectivity index (χ0) is 20.1. The van der Waals surface area contributed by atoms with Crippen molar-refractivity contribution < 1.29 is 17.9 Å². The first kappa shape index (κ1) is 23.7. The molecule has 158 valence electrons. The molecule has 0 spiro atoms. The normalized spacial score (nSPS) is 17.6. The number of pyridine rings is 1. The number of hydrogen-bond donors (Lipinski definition) is 1.